The number of thiocarbonyl (C=S) groups is 1. The summed E-state index contributed by atoms with van der Waals surface area (Å²) in [6.07, 6.45) is 3.63. The van der Waals surface area contributed by atoms with E-state index in [2.05, 4.69) is 10.3 Å². The number of aromatic nitrogens is 1. The molecule has 1 aromatic heterocycles. The molecule has 0 aliphatic carbocycles. The molecule has 0 fully saturated rings. The highest BCUT2D eigenvalue weighted by Gasteiger charge is 2.04. The number of hydrogen-bond donors (Lipinski definition) is 2. The summed E-state index contributed by atoms with van der Waals surface area (Å²) in [6.45, 7) is 2.75. The van der Waals surface area contributed by atoms with E-state index in [9.17, 15) is 0 Å². The molecule has 0 bridgehead atoms. The number of nitrogens with zero attached hydrogens (tertiary/aromatic N) is 1. The SMILES string of the molecule is Cc1cnccc1CNc1ccc(C(N)=S)c(Cl)c1. The minimum absolute atomic E-state index is 0.307. The Morgan fingerprint density at radius 3 is 2.84 bits per heavy atom. The molecule has 3 nitrogen and oxygen atoms in total. The number of hydrogen-bond acceptors (Lipinski definition) is 3. The fourth-order valence-corrected chi connectivity index (χ4v) is 2.24. The number of halogens is 1. The fourth-order valence-electron chi connectivity index (χ4n) is 1.72. The van der Waals surface area contributed by atoms with Crippen molar-refractivity contribution in [2.75, 3.05) is 5.32 Å². The van der Waals surface area contributed by atoms with Crippen LogP contribution in [0.15, 0.2) is 36.7 Å². The Morgan fingerprint density at radius 1 is 1.42 bits per heavy atom. The largest absolute Gasteiger partial charge is 0.389 e. The van der Waals surface area contributed by atoms with Crippen molar-refractivity contribution in [3.05, 3.63) is 58.4 Å². The number of anilines is 1. The van der Waals surface area contributed by atoms with Crippen LogP contribution in [0.4, 0.5) is 5.69 Å². The van der Waals surface area contributed by atoms with Gasteiger partial charge in [0.2, 0.25) is 0 Å². The van der Waals surface area contributed by atoms with Crippen LogP contribution in [0.2, 0.25) is 5.02 Å². The lowest BCUT2D eigenvalue weighted by molar-refractivity contribution is 1.09. The minimum atomic E-state index is 0.307. The molecule has 0 amide bonds. The summed E-state index contributed by atoms with van der Waals surface area (Å²) < 4.78 is 0. The van der Waals surface area contributed by atoms with Crippen molar-refractivity contribution in [1.29, 1.82) is 0 Å². The third-order valence-corrected chi connectivity index (χ3v) is 3.39. The molecule has 0 unspecified atom stereocenters. The zero-order valence-corrected chi connectivity index (χ0v) is 12.1. The molecule has 3 N–H and O–H groups in total. The first-order valence-corrected chi connectivity index (χ1v) is 6.59. The van der Waals surface area contributed by atoms with E-state index < -0.39 is 0 Å². The van der Waals surface area contributed by atoms with Crippen LogP contribution in [0.25, 0.3) is 0 Å². The molecule has 0 saturated carbocycles. The second kappa shape index (κ2) is 5.99. The van der Waals surface area contributed by atoms with E-state index in [1.54, 1.807) is 6.20 Å². The molecule has 98 valence electrons. The van der Waals surface area contributed by atoms with E-state index in [1.165, 1.54) is 5.56 Å². The van der Waals surface area contributed by atoms with Crippen LogP contribution in [0.3, 0.4) is 0 Å². The summed E-state index contributed by atoms with van der Waals surface area (Å²) in [5, 5.41) is 3.87. The Labute approximate surface area is 122 Å². The first-order valence-electron chi connectivity index (χ1n) is 5.80. The standard InChI is InChI=1S/C14H14ClN3S/c1-9-7-17-5-4-10(9)8-18-11-2-3-12(14(16)19)13(15)6-11/h2-7,18H,8H2,1H3,(H2,16,19). The molecule has 5 heteroatoms. The maximum absolute atomic E-state index is 6.12. The Balaban J connectivity index is 2.11. The van der Waals surface area contributed by atoms with Crippen LogP contribution in [0.1, 0.15) is 16.7 Å². The second-order valence-corrected chi connectivity index (χ2v) is 5.06. The molecule has 1 heterocycles. The van der Waals surface area contributed by atoms with E-state index in [4.69, 9.17) is 29.6 Å². The first kappa shape index (κ1) is 13.8. The fraction of sp³-hybridized carbons (Fsp3) is 0.143. The van der Waals surface area contributed by atoms with Gasteiger partial charge in [-0.15, -0.1) is 0 Å². The van der Waals surface area contributed by atoms with Crippen molar-refractivity contribution >= 4 is 34.5 Å². The first-order chi connectivity index (χ1) is 9.08. The van der Waals surface area contributed by atoms with Crippen LogP contribution in [0.5, 0.6) is 0 Å². The van der Waals surface area contributed by atoms with Gasteiger partial charge in [-0.05, 0) is 42.3 Å². The van der Waals surface area contributed by atoms with Gasteiger partial charge in [0.1, 0.15) is 4.99 Å². The molecule has 2 rings (SSSR count). The van der Waals surface area contributed by atoms with Crippen molar-refractivity contribution in [2.45, 2.75) is 13.5 Å². The van der Waals surface area contributed by atoms with E-state index >= 15 is 0 Å². The van der Waals surface area contributed by atoms with Crippen molar-refractivity contribution in [2.24, 2.45) is 5.73 Å². The number of aryl methyl sites for hydroxylation is 1. The van der Waals surface area contributed by atoms with Gasteiger partial charge in [0.05, 0.1) is 5.02 Å². The summed E-state index contributed by atoms with van der Waals surface area (Å²) in [6, 6.07) is 7.56. The van der Waals surface area contributed by atoms with Gasteiger partial charge in [-0.1, -0.05) is 23.8 Å². The summed E-state index contributed by atoms with van der Waals surface area (Å²) in [4.78, 5) is 4.37. The van der Waals surface area contributed by atoms with Gasteiger partial charge in [-0.3, -0.25) is 4.98 Å². The third-order valence-electron chi connectivity index (χ3n) is 2.85. The summed E-state index contributed by atoms with van der Waals surface area (Å²) in [7, 11) is 0. The molecular formula is C14H14ClN3S. The molecule has 19 heavy (non-hydrogen) atoms. The van der Waals surface area contributed by atoms with Crippen LogP contribution < -0.4 is 11.1 Å². The molecule has 1 aromatic carbocycles. The van der Waals surface area contributed by atoms with Gasteiger partial charge < -0.3 is 11.1 Å². The summed E-state index contributed by atoms with van der Waals surface area (Å²) in [5.74, 6) is 0. The van der Waals surface area contributed by atoms with Crippen molar-refractivity contribution in [3.63, 3.8) is 0 Å². The highest BCUT2D eigenvalue weighted by Crippen LogP contribution is 2.21. The Morgan fingerprint density at radius 2 is 2.21 bits per heavy atom. The van der Waals surface area contributed by atoms with E-state index in [0.29, 0.717) is 15.6 Å². The van der Waals surface area contributed by atoms with Gasteiger partial charge in [-0.25, -0.2) is 0 Å². The number of pyridine rings is 1. The number of rotatable bonds is 4. The van der Waals surface area contributed by atoms with Crippen LogP contribution in [-0.4, -0.2) is 9.97 Å². The van der Waals surface area contributed by atoms with Crippen LogP contribution in [0, 0.1) is 6.92 Å². The second-order valence-electron chi connectivity index (χ2n) is 4.21. The smallest absolute Gasteiger partial charge is 0.105 e. The van der Waals surface area contributed by atoms with Crippen molar-refractivity contribution < 1.29 is 0 Å². The number of benzene rings is 1. The molecule has 0 aliphatic rings. The normalized spacial score (nSPS) is 10.2. The highest BCUT2D eigenvalue weighted by molar-refractivity contribution is 7.80. The minimum Gasteiger partial charge on any atom is -0.389 e. The molecule has 0 radical (unpaired) electrons. The van der Waals surface area contributed by atoms with Crippen molar-refractivity contribution in [1.82, 2.24) is 4.98 Å². The van der Waals surface area contributed by atoms with Crippen LogP contribution in [-0.2, 0) is 6.54 Å². The molecule has 0 saturated heterocycles. The number of nitrogens with one attached hydrogen (secondary N) is 1. The predicted octanol–water partition coefficient (Wildman–Crippen LogP) is 3.29. The van der Waals surface area contributed by atoms with E-state index in [0.717, 1.165) is 17.8 Å². The quantitative estimate of drug-likeness (QED) is 0.849. The van der Waals surface area contributed by atoms with Gasteiger partial charge in [-0.2, -0.15) is 0 Å². The average molecular weight is 292 g/mol. The zero-order valence-electron chi connectivity index (χ0n) is 10.5. The zero-order chi connectivity index (χ0) is 13.8. The average Bonchev–Trinajstić information content (AvgIpc) is 2.37. The van der Waals surface area contributed by atoms with Gasteiger partial charge in [0.15, 0.2) is 0 Å². The Kier molecular flexibility index (Phi) is 4.35. The van der Waals surface area contributed by atoms with E-state index in [1.807, 2.05) is 37.4 Å². The predicted molar refractivity (Wildman–Crippen MR) is 83.6 cm³/mol. The molecule has 0 spiro atoms. The molecular weight excluding hydrogens is 278 g/mol. The number of nitrogens with two attached hydrogens (primary N) is 1. The third kappa shape index (κ3) is 3.43. The summed E-state index contributed by atoms with van der Waals surface area (Å²) >= 11 is 11.0. The lowest BCUT2D eigenvalue weighted by Crippen LogP contribution is -2.10. The van der Waals surface area contributed by atoms with Crippen LogP contribution >= 0.6 is 23.8 Å². The van der Waals surface area contributed by atoms with E-state index in [-0.39, 0.29) is 0 Å². The van der Waals surface area contributed by atoms with Gasteiger partial charge >= 0.3 is 0 Å². The lowest BCUT2D eigenvalue weighted by atomic mass is 10.1. The maximum Gasteiger partial charge on any atom is 0.105 e. The lowest BCUT2D eigenvalue weighted by Gasteiger charge is -2.10. The molecule has 2 aromatic rings. The molecule has 0 atom stereocenters. The molecule has 0 aliphatic heterocycles. The van der Waals surface area contributed by atoms with Gasteiger partial charge in [0, 0.05) is 30.2 Å². The topological polar surface area (TPSA) is 50.9 Å². The maximum atomic E-state index is 6.12. The summed E-state index contributed by atoms with van der Waals surface area (Å²) in [5.41, 5.74) is 9.55. The monoisotopic (exact) mass is 291 g/mol. The van der Waals surface area contributed by atoms with Crippen molar-refractivity contribution in [3.8, 4) is 0 Å². The Hall–Kier alpha value is -1.65. The highest BCUT2D eigenvalue weighted by atomic mass is 35.5. The Bertz CT molecular complexity index is 613. The van der Waals surface area contributed by atoms with Gasteiger partial charge in [0.25, 0.3) is 0 Å².